The fraction of sp³-hybridized carbons (Fsp3) is 0.381. The van der Waals surface area contributed by atoms with Crippen LogP contribution in [-0.2, 0) is 22.7 Å². The SMILES string of the molecule is C[C@@H](NC(=O)OC(C)(C)C)C(=O)NCc1ccnc(OCc2ccccc2)c1. The van der Waals surface area contributed by atoms with Crippen molar-refractivity contribution in [3.05, 3.63) is 59.8 Å². The summed E-state index contributed by atoms with van der Waals surface area (Å²) in [5.41, 5.74) is 1.27. The number of pyridine rings is 1. The zero-order valence-electron chi connectivity index (χ0n) is 16.7. The van der Waals surface area contributed by atoms with Crippen LogP contribution in [0.2, 0.25) is 0 Å². The number of carbonyl (C=O) groups is 2. The monoisotopic (exact) mass is 385 g/mol. The van der Waals surface area contributed by atoms with E-state index in [1.54, 1.807) is 46.0 Å². The fourth-order valence-electron chi connectivity index (χ4n) is 2.26. The first-order chi connectivity index (χ1) is 13.2. The summed E-state index contributed by atoms with van der Waals surface area (Å²) in [5, 5.41) is 5.29. The van der Waals surface area contributed by atoms with E-state index in [4.69, 9.17) is 9.47 Å². The summed E-state index contributed by atoms with van der Waals surface area (Å²) in [5.74, 6) is 0.171. The van der Waals surface area contributed by atoms with Gasteiger partial charge in [-0.05, 0) is 44.9 Å². The van der Waals surface area contributed by atoms with E-state index in [1.807, 2.05) is 30.3 Å². The Bertz CT molecular complexity index is 788. The lowest BCUT2D eigenvalue weighted by Crippen LogP contribution is -2.46. The molecule has 2 amide bonds. The lowest BCUT2D eigenvalue weighted by Gasteiger charge is -2.21. The van der Waals surface area contributed by atoms with Crippen LogP contribution in [0.15, 0.2) is 48.7 Å². The lowest BCUT2D eigenvalue weighted by atomic mass is 10.2. The van der Waals surface area contributed by atoms with Gasteiger partial charge in [0.15, 0.2) is 0 Å². The summed E-state index contributed by atoms with van der Waals surface area (Å²) in [7, 11) is 0. The van der Waals surface area contributed by atoms with E-state index >= 15 is 0 Å². The summed E-state index contributed by atoms with van der Waals surface area (Å²) in [6.07, 6.45) is 1.00. The number of alkyl carbamates (subject to hydrolysis) is 1. The van der Waals surface area contributed by atoms with Crippen molar-refractivity contribution in [3.63, 3.8) is 0 Å². The molecule has 2 rings (SSSR count). The van der Waals surface area contributed by atoms with E-state index in [-0.39, 0.29) is 5.91 Å². The Hall–Kier alpha value is -3.09. The zero-order valence-corrected chi connectivity index (χ0v) is 16.7. The highest BCUT2D eigenvalue weighted by atomic mass is 16.6. The highest BCUT2D eigenvalue weighted by molar-refractivity contribution is 5.85. The molecular weight excluding hydrogens is 358 g/mol. The number of aromatic nitrogens is 1. The van der Waals surface area contributed by atoms with Crippen LogP contribution >= 0.6 is 0 Å². The summed E-state index contributed by atoms with van der Waals surface area (Å²) < 4.78 is 10.8. The average molecular weight is 385 g/mol. The zero-order chi connectivity index (χ0) is 20.6. The van der Waals surface area contributed by atoms with Gasteiger partial charge in [0.25, 0.3) is 0 Å². The van der Waals surface area contributed by atoms with Gasteiger partial charge in [-0.1, -0.05) is 30.3 Å². The highest BCUT2D eigenvalue weighted by Crippen LogP contribution is 2.12. The molecule has 1 aromatic heterocycles. The Morgan fingerprint density at radius 3 is 2.50 bits per heavy atom. The Balaban J connectivity index is 1.81. The maximum atomic E-state index is 12.2. The van der Waals surface area contributed by atoms with Crippen molar-refractivity contribution in [2.75, 3.05) is 0 Å². The molecule has 150 valence electrons. The Labute approximate surface area is 165 Å². The average Bonchev–Trinajstić information content (AvgIpc) is 2.64. The van der Waals surface area contributed by atoms with Gasteiger partial charge < -0.3 is 20.1 Å². The van der Waals surface area contributed by atoms with Gasteiger partial charge in [-0.3, -0.25) is 4.79 Å². The van der Waals surface area contributed by atoms with Crippen molar-refractivity contribution >= 4 is 12.0 Å². The standard InChI is InChI=1S/C21H27N3O4/c1-15(24-20(26)28-21(2,3)4)19(25)23-13-17-10-11-22-18(12-17)27-14-16-8-6-5-7-9-16/h5-12,15H,13-14H2,1-4H3,(H,23,25)(H,24,26)/t15-/m1/s1. The van der Waals surface area contributed by atoms with Crippen LogP contribution in [0.4, 0.5) is 4.79 Å². The first-order valence-corrected chi connectivity index (χ1v) is 9.12. The van der Waals surface area contributed by atoms with Crippen LogP contribution in [0.3, 0.4) is 0 Å². The van der Waals surface area contributed by atoms with Crippen LogP contribution in [0.5, 0.6) is 5.88 Å². The lowest BCUT2D eigenvalue weighted by molar-refractivity contribution is -0.122. The van der Waals surface area contributed by atoms with Crippen LogP contribution < -0.4 is 15.4 Å². The predicted molar refractivity (Wildman–Crippen MR) is 106 cm³/mol. The normalized spacial score (nSPS) is 12.0. The van der Waals surface area contributed by atoms with Gasteiger partial charge in [-0.25, -0.2) is 9.78 Å². The first kappa shape index (κ1) is 21.2. The van der Waals surface area contributed by atoms with E-state index in [0.717, 1.165) is 11.1 Å². The largest absolute Gasteiger partial charge is 0.473 e. The summed E-state index contributed by atoms with van der Waals surface area (Å²) in [4.78, 5) is 28.1. The summed E-state index contributed by atoms with van der Waals surface area (Å²) in [6.45, 7) is 7.60. The number of ether oxygens (including phenoxy) is 2. The molecule has 28 heavy (non-hydrogen) atoms. The maximum Gasteiger partial charge on any atom is 0.408 e. The second-order valence-electron chi connectivity index (χ2n) is 7.36. The van der Waals surface area contributed by atoms with E-state index in [2.05, 4.69) is 15.6 Å². The van der Waals surface area contributed by atoms with Crippen molar-refractivity contribution in [1.82, 2.24) is 15.6 Å². The highest BCUT2D eigenvalue weighted by Gasteiger charge is 2.20. The van der Waals surface area contributed by atoms with Gasteiger partial charge in [0.05, 0.1) is 0 Å². The molecule has 1 heterocycles. The van der Waals surface area contributed by atoms with Crippen molar-refractivity contribution < 1.29 is 19.1 Å². The number of rotatable bonds is 7. The quantitative estimate of drug-likeness (QED) is 0.764. The minimum Gasteiger partial charge on any atom is -0.473 e. The van der Waals surface area contributed by atoms with Crippen LogP contribution in [0.25, 0.3) is 0 Å². The Morgan fingerprint density at radius 2 is 1.82 bits per heavy atom. The summed E-state index contributed by atoms with van der Waals surface area (Å²) >= 11 is 0. The minimum absolute atomic E-state index is 0.295. The molecule has 0 radical (unpaired) electrons. The van der Waals surface area contributed by atoms with Crippen molar-refractivity contribution in [3.8, 4) is 5.88 Å². The predicted octanol–water partition coefficient (Wildman–Crippen LogP) is 3.19. The topological polar surface area (TPSA) is 89.5 Å². The van der Waals surface area contributed by atoms with E-state index in [0.29, 0.717) is 19.0 Å². The molecule has 0 aliphatic rings. The molecule has 0 aliphatic heterocycles. The molecule has 7 nitrogen and oxygen atoms in total. The fourth-order valence-corrected chi connectivity index (χ4v) is 2.26. The Morgan fingerprint density at radius 1 is 1.11 bits per heavy atom. The van der Waals surface area contributed by atoms with Gasteiger partial charge in [0.1, 0.15) is 18.2 Å². The number of nitrogens with zero attached hydrogens (tertiary/aromatic N) is 1. The molecule has 1 atom stereocenters. The molecule has 0 aliphatic carbocycles. The first-order valence-electron chi connectivity index (χ1n) is 9.12. The molecule has 0 fully saturated rings. The second-order valence-corrected chi connectivity index (χ2v) is 7.36. The number of amides is 2. The van der Waals surface area contributed by atoms with Gasteiger partial charge >= 0.3 is 6.09 Å². The number of benzene rings is 1. The maximum absolute atomic E-state index is 12.2. The smallest absolute Gasteiger partial charge is 0.408 e. The van der Waals surface area contributed by atoms with E-state index in [9.17, 15) is 9.59 Å². The summed E-state index contributed by atoms with van der Waals surface area (Å²) in [6, 6.07) is 12.6. The molecule has 1 aromatic carbocycles. The molecule has 0 spiro atoms. The van der Waals surface area contributed by atoms with Gasteiger partial charge in [0.2, 0.25) is 11.8 Å². The number of nitrogens with one attached hydrogen (secondary N) is 2. The second kappa shape index (κ2) is 9.73. The third-order valence-electron chi connectivity index (χ3n) is 3.62. The van der Waals surface area contributed by atoms with Gasteiger partial charge in [-0.2, -0.15) is 0 Å². The third-order valence-corrected chi connectivity index (χ3v) is 3.62. The van der Waals surface area contributed by atoms with Crippen molar-refractivity contribution in [1.29, 1.82) is 0 Å². The number of hydrogen-bond donors (Lipinski definition) is 2. The number of carbonyl (C=O) groups excluding carboxylic acids is 2. The molecule has 2 N–H and O–H groups in total. The molecule has 0 unspecified atom stereocenters. The molecular formula is C21H27N3O4. The molecule has 0 saturated carbocycles. The van der Waals surface area contributed by atoms with Crippen molar-refractivity contribution in [2.45, 2.75) is 52.5 Å². The molecule has 0 bridgehead atoms. The molecule has 2 aromatic rings. The van der Waals surface area contributed by atoms with Gasteiger partial charge in [-0.15, -0.1) is 0 Å². The van der Waals surface area contributed by atoms with Crippen LogP contribution in [0.1, 0.15) is 38.8 Å². The molecule has 7 heteroatoms. The van der Waals surface area contributed by atoms with Crippen LogP contribution in [0, 0.1) is 0 Å². The third kappa shape index (κ3) is 7.65. The van der Waals surface area contributed by atoms with Crippen LogP contribution in [-0.4, -0.2) is 28.6 Å². The Kier molecular flexibility index (Phi) is 7.37. The minimum atomic E-state index is -0.717. The van der Waals surface area contributed by atoms with E-state index in [1.165, 1.54) is 0 Å². The number of hydrogen-bond acceptors (Lipinski definition) is 5. The van der Waals surface area contributed by atoms with Gasteiger partial charge in [0, 0.05) is 18.8 Å². The van der Waals surface area contributed by atoms with Crippen molar-refractivity contribution in [2.24, 2.45) is 0 Å². The van der Waals surface area contributed by atoms with E-state index < -0.39 is 17.7 Å². The molecule has 0 saturated heterocycles.